The minimum atomic E-state index is 0.562. The molecule has 0 amide bonds. The highest BCUT2D eigenvalue weighted by Gasteiger charge is 2.11. The van der Waals surface area contributed by atoms with Crippen LogP contribution in [0.15, 0.2) is 15.0 Å². The van der Waals surface area contributed by atoms with Gasteiger partial charge in [-0.25, -0.2) is 4.98 Å². The van der Waals surface area contributed by atoms with Gasteiger partial charge in [-0.15, -0.1) is 0 Å². The van der Waals surface area contributed by atoms with Gasteiger partial charge in [0.15, 0.2) is 11.5 Å². The molecule has 15 heavy (non-hydrogen) atoms. The summed E-state index contributed by atoms with van der Waals surface area (Å²) in [5, 5.41) is 0. The summed E-state index contributed by atoms with van der Waals surface area (Å²) < 4.78 is 6.73. The van der Waals surface area contributed by atoms with Crippen LogP contribution in [-0.2, 0) is 6.42 Å². The Hall–Kier alpha value is -0.870. The molecular formula is C11H13BrN2O. The highest BCUT2D eigenvalue weighted by atomic mass is 79.9. The van der Waals surface area contributed by atoms with Crippen molar-refractivity contribution in [2.24, 2.45) is 5.73 Å². The monoisotopic (exact) mass is 268 g/mol. The van der Waals surface area contributed by atoms with Gasteiger partial charge in [-0.3, -0.25) is 0 Å². The lowest BCUT2D eigenvalue weighted by atomic mass is 10.1. The first kappa shape index (κ1) is 10.6. The van der Waals surface area contributed by atoms with Gasteiger partial charge in [0, 0.05) is 17.4 Å². The van der Waals surface area contributed by atoms with Crippen molar-refractivity contribution >= 4 is 27.0 Å². The quantitative estimate of drug-likeness (QED) is 0.911. The van der Waals surface area contributed by atoms with Crippen molar-refractivity contribution in [1.82, 2.24) is 4.98 Å². The van der Waals surface area contributed by atoms with E-state index in [1.54, 1.807) is 0 Å². The number of nitrogens with two attached hydrogens (primary N) is 1. The van der Waals surface area contributed by atoms with E-state index in [4.69, 9.17) is 10.2 Å². The van der Waals surface area contributed by atoms with Crippen LogP contribution in [0.4, 0.5) is 0 Å². The number of hydrogen-bond donors (Lipinski definition) is 1. The van der Waals surface area contributed by atoms with Crippen molar-refractivity contribution in [3.63, 3.8) is 0 Å². The first-order valence-electron chi connectivity index (χ1n) is 4.88. The highest BCUT2D eigenvalue weighted by molar-refractivity contribution is 9.10. The lowest BCUT2D eigenvalue weighted by molar-refractivity contribution is 0.529. The van der Waals surface area contributed by atoms with Crippen molar-refractivity contribution in [1.29, 1.82) is 0 Å². The topological polar surface area (TPSA) is 52.0 Å². The largest absolute Gasteiger partial charge is 0.440 e. The van der Waals surface area contributed by atoms with E-state index in [9.17, 15) is 0 Å². The van der Waals surface area contributed by atoms with Crippen molar-refractivity contribution in [3.8, 4) is 0 Å². The second kappa shape index (κ2) is 3.94. The Bertz CT molecular complexity index is 505. The Morgan fingerprint density at radius 3 is 2.80 bits per heavy atom. The average molecular weight is 269 g/mol. The van der Waals surface area contributed by atoms with E-state index in [2.05, 4.69) is 27.8 Å². The van der Waals surface area contributed by atoms with Crippen molar-refractivity contribution in [2.75, 3.05) is 6.54 Å². The van der Waals surface area contributed by atoms with Crippen molar-refractivity contribution in [3.05, 3.63) is 27.6 Å². The Morgan fingerprint density at radius 1 is 1.40 bits per heavy atom. The van der Waals surface area contributed by atoms with Crippen LogP contribution in [0.1, 0.15) is 17.0 Å². The van der Waals surface area contributed by atoms with E-state index in [1.807, 2.05) is 13.0 Å². The molecular weight excluding hydrogens is 256 g/mol. The zero-order valence-corrected chi connectivity index (χ0v) is 10.4. The molecule has 0 fully saturated rings. The summed E-state index contributed by atoms with van der Waals surface area (Å²) >= 11 is 3.51. The highest BCUT2D eigenvalue weighted by Crippen LogP contribution is 2.28. The van der Waals surface area contributed by atoms with Crippen LogP contribution in [0.2, 0.25) is 0 Å². The van der Waals surface area contributed by atoms with Crippen LogP contribution < -0.4 is 5.73 Å². The number of hydrogen-bond acceptors (Lipinski definition) is 3. The van der Waals surface area contributed by atoms with Gasteiger partial charge in [-0.2, -0.15) is 0 Å². The summed E-state index contributed by atoms with van der Waals surface area (Å²) in [5.74, 6) is 0.716. The lowest BCUT2D eigenvalue weighted by Crippen LogP contribution is -2.02. The summed E-state index contributed by atoms with van der Waals surface area (Å²) in [7, 11) is 0. The maximum atomic E-state index is 5.66. The second-order valence-electron chi connectivity index (χ2n) is 3.60. The fourth-order valence-corrected chi connectivity index (χ4v) is 2.07. The average Bonchev–Trinajstić information content (AvgIpc) is 2.58. The van der Waals surface area contributed by atoms with Gasteiger partial charge in [-0.1, -0.05) is 15.9 Å². The molecule has 2 rings (SSSR count). The predicted molar refractivity (Wildman–Crippen MR) is 63.9 cm³/mol. The zero-order valence-electron chi connectivity index (χ0n) is 8.80. The van der Waals surface area contributed by atoms with Gasteiger partial charge in [0.05, 0.1) is 0 Å². The number of rotatable bonds is 2. The van der Waals surface area contributed by atoms with Crippen molar-refractivity contribution < 1.29 is 4.42 Å². The van der Waals surface area contributed by atoms with E-state index in [0.717, 1.165) is 21.1 Å². The third-order valence-electron chi connectivity index (χ3n) is 2.58. The maximum Gasteiger partial charge on any atom is 0.196 e. The summed E-state index contributed by atoms with van der Waals surface area (Å²) in [6.07, 6.45) is 0.685. The second-order valence-corrected chi connectivity index (χ2v) is 4.46. The van der Waals surface area contributed by atoms with E-state index in [0.29, 0.717) is 18.9 Å². The fourth-order valence-electron chi connectivity index (χ4n) is 1.55. The molecule has 1 aromatic carbocycles. The minimum absolute atomic E-state index is 0.562. The van der Waals surface area contributed by atoms with Gasteiger partial charge < -0.3 is 10.2 Å². The predicted octanol–water partition coefficient (Wildman–Crippen LogP) is 2.71. The maximum absolute atomic E-state index is 5.66. The van der Waals surface area contributed by atoms with Crippen LogP contribution in [0.25, 0.3) is 11.1 Å². The van der Waals surface area contributed by atoms with Gasteiger partial charge in [0.1, 0.15) is 5.52 Å². The molecule has 0 saturated heterocycles. The Balaban J connectivity index is 2.65. The normalized spacial score (nSPS) is 11.2. The SMILES string of the molecule is Cc1c(Br)cc2nc(CCN)oc2c1C. The molecule has 80 valence electrons. The zero-order chi connectivity index (χ0) is 11.0. The number of aryl methyl sites for hydroxylation is 1. The van der Waals surface area contributed by atoms with Crippen LogP contribution in [0.3, 0.4) is 0 Å². The lowest BCUT2D eigenvalue weighted by Gasteiger charge is -2.01. The van der Waals surface area contributed by atoms with Crippen LogP contribution >= 0.6 is 15.9 Å². The molecule has 0 unspecified atom stereocenters. The molecule has 0 aliphatic rings. The molecule has 4 heteroatoms. The van der Waals surface area contributed by atoms with Gasteiger partial charge in [0.2, 0.25) is 0 Å². The van der Waals surface area contributed by atoms with E-state index in [1.165, 1.54) is 5.56 Å². The Morgan fingerprint density at radius 2 is 2.13 bits per heavy atom. The third kappa shape index (κ3) is 1.79. The molecule has 1 aromatic heterocycles. The fraction of sp³-hybridized carbons (Fsp3) is 0.364. The molecule has 0 saturated carbocycles. The van der Waals surface area contributed by atoms with Gasteiger partial charge in [0.25, 0.3) is 0 Å². The molecule has 0 radical (unpaired) electrons. The van der Waals surface area contributed by atoms with Crippen LogP contribution in [0, 0.1) is 13.8 Å². The molecule has 3 nitrogen and oxygen atoms in total. The summed E-state index contributed by atoms with van der Waals surface area (Å²) in [5.41, 5.74) is 9.57. The van der Waals surface area contributed by atoms with E-state index >= 15 is 0 Å². The minimum Gasteiger partial charge on any atom is -0.440 e. The molecule has 0 bridgehead atoms. The van der Waals surface area contributed by atoms with Crippen LogP contribution in [0.5, 0.6) is 0 Å². The molecule has 2 aromatic rings. The van der Waals surface area contributed by atoms with E-state index < -0.39 is 0 Å². The summed E-state index contributed by atoms with van der Waals surface area (Å²) in [6, 6.07) is 1.99. The van der Waals surface area contributed by atoms with Gasteiger partial charge >= 0.3 is 0 Å². The van der Waals surface area contributed by atoms with Crippen molar-refractivity contribution in [2.45, 2.75) is 20.3 Å². The third-order valence-corrected chi connectivity index (χ3v) is 3.40. The first-order chi connectivity index (χ1) is 7.13. The molecule has 1 heterocycles. The molecule has 0 atom stereocenters. The number of benzene rings is 1. The van der Waals surface area contributed by atoms with Crippen LogP contribution in [-0.4, -0.2) is 11.5 Å². The standard InChI is InChI=1S/C11H13BrN2O/c1-6-7(2)11-9(5-8(6)12)14-10(15-11)3-4-13/h5H,3-4,13H2,1-2H3. The number of nitrogens with zero attached hydrogens (tertiary/aromatic N) is 1. The number of fused-ring (bicyclic) bond motifs is 1. The smallest absolute Gasteiger partial charge is 0.196 e. The number of aromatic nitrogens is 1. The molecule has 0 aliphatic carbocycles. The number of oxazole rings is 1. The Labute approximate surface area is 96.8 Å². The molecule has 0 spiro atoms. The summed E-state index contributed by atoms with van der Waals surface area (Å²) in [4.78, 5) is 4.39. The Kier molecular flexibility index (Phi) is 2.80. The molecule has 0 aliphatic heterocycles. The molecule has 2 N–H and O–H groups in total. The van der Waals surface area contributed by atoms with Gasteiger partial charge in [-0.05, 0) is 31.0 Å². The van der Waals surface area contributed by atoms with E-state index in [-0.39, 0.29) is 0 Å². The first-order valence-corrected chi connectivity index (χ1v) is 5.68. The summed E-state index contributed by atoms with van der Waals surface area (Å²) in [6.45, 7) is 4.66. The number of halogens is 1.